The van der Waals surface area contributed by atoms with Crippen LogP contribution >= 0.6 is 0 Å². The minimum Gasteiger partial charge on any atom is -0.0775 e. The highest BCUT2D eigenvalue weighted by atomic mass is 14.4. The molecule has 2 rings (SSSR count). The van der Waals surface area contributed by atoms with Crippen LogP contribution in [-0.4, -0.2) is 0 Å². The zero-order valence-corrected chi connectivity index (χ0v) is 8.51. The van der Waals surface area contributed by atoms with Gasteiger partial charge >= 0.3 is 0 Å². The van der Waals surface area contributed by atoms with Crippen molar-refractivity contribution in [2.75, 3.05) is 0 Å². The van der Waals surface area contributed by atoms with Gasteiger partial charge in [0.2, 0.25) is 0 Å². The first kappa shape index (κ1) is 8.34. The first-order chi connectivity index (χ1) is 5.72. The van der Waals surface area contributed by atoms with Crippen molar-refractivity contribution >= 4 is 0 Å². The molecule has 0 saturated heterocycles. The third-order valence-corrected chi connectivity index (χ3v) is 3.71. The van der Waals surface area contributed by atoms with Crippen molar-refractivity contribution in [2.24, 2.45) is 23.7 Å². The molecule has 2 atom stereocenters. The third kappa shape index (κ3) is 1.32. The van der Waals surface area contributed by atoms with Gasteiger partial charge in [0.15, 0.2) is 0 Å². The van der Waals surface area contributed by atoms with Crippen molar-refractivity contribution in [3.63, 3.8) is 0 Å². The fourth-order valence-corrected chi connectivity index (χ4v) is 2.84. The van der Waals surface area contributed by atoms with E-state index in [2.05, 4.69) is 26.8 Å². The smallest absolute Gasteiger partial charge is 0.00456 e. The van der Waals surface area contributed by atoms with Crippen molar-refractivity contribution in [1.29, 1.82) is 0 Å². The monoisotopic (exact) mass is 164 g/mol. The largest absolute Gasteiger partial charge is 0.0775 e. The van der Waals surface area contributed by atoms with Crippen LogP contribution in [0.15, 0.2) is 11.6 Å². The van der Waals surface area contributed by atoms with Gasteiger partial charge in [-0.1, -0.05) is 32.4 Å². The Labute approximate surface area is 76.1 Å². The van der Waals surface area contributed by atoms with Gasteiger partial charge in [-0.05, 0) is 42.9 Å². The normalized spacial score (nSPS) is 41.6. The van der Waals surface area contributed by atoms with E-state index in [9.17, 15) is 0 Å². The lowest BCUT2D eigenvalue weighted by molar-refractivity contribution is 0.153. The lowest BCUT2D eigenvalue weighted by atomic mass is 9.67. The van der Waals surface area contributed by atoms with Crippen LogP contribution in [0.1, 0.15) is 40.0 Å². The molecule has 2 unspecified atom stereocenters. The Balaban J connectivity index is 1.88. The van der Waals surface area contributed by atoms with Gasteiger partial charge in [0, 0.05) is 0 Å². The molecule has 0 nitrogen and oxygen atoms in total. The second kappa shape index (κ2) is 2.90. The fourth-order valence-electron chi connectivity index (χ4n) is 2.84. The second-order valence-electron chi connectivity index (χ2n) is 4.81. The Morgan fingerprint density at radius 3 is 2.33 bits per heavy atom. The zero-order chi connectivity index (χ0) is 8.72. The molecule has 0 aromatic rings. The van der Waals surface area contributed by atoms with Gasteiger partial charge in [-0.25, -0.2) is 0 Å². The highest BCUT2D eigenvalue weighted by molar-refractivity contribution is 5.31. The van der Waals surface area contributed by atoms with Crippen LogP contribution in [0.5, 0.6) is 0 Å². The Bertz CT molecular complexity index is 196. The topological polar surface area (TPSA) is 0 Å². The number of hydrogen-bond acceptors (Lipinski definition) is 0. The summed E-state index contributed by atoms with van der Waals surface area (Å²) in [6.45, 7) is 7.06. The van der Waals surface area contributed by atoms with Crippen LogP contribution in [0.3, 0.4) is 0 Å². The third-order valence-electron chi connectivity index (χ3n) is 3.71. The molecule has 0 spiro atoms. The number of hydrogen-bond donors (Lipinski definition) is 0. The summed E-state index contributed by atoms with van der Waals surface area (Å²) in [5.74, 6) is 3.86. The van der Waals surface area contributed by atoms with Crippen molar-refractivity contribution in [1.82, 2.24) is 0 Å². The van der Waals surface area contributed by atoms with Crippen molar-refractivity contribution < 1.29 is 0 Å². The first-order valence-electron chi connectivity index (χ1n) is 5.44. The maximum Gasteiger partial charge on any atom is -0.00456 e. The van der Waals surface area contributed by atoms with E-state index in [1.54, 1.807) is 5.57 Å². The molecule has 0 aromatic carbocycles. The van der Waals surface area contributed by atoms with Crippen LogP contribution < -0.4 is 0 Å². The van der Waals surface area contributed by atoms with E-state index in [0.717, 1.165) is 23.7 Å². The molecule has 12 heavy (non-hydrogen) atoms. The van der Waals surface area contributed by atoms with Gasteiger partial charge in [-0.2, -0.15) is 0 Å². The van der Waals surface area contributed by atoms with Gasteiger partial charge in [0.1, 0.15) is 0 Å². The summed E-state index contributed by atoms with van der Waals surface area (Å²) >= 11 is 0. The van der Waals surface area contributed by atoms with Gasteiger partial charge in [-0.15, -0.1) is 0 Å². The van der Waals surface area contributed by atoms with E-state index in [-0.39, 0.29) is 0 Å². The maximum absolute atomic E-state index is 2.46. The van der Waals surface area contributed by atoms with E-state index in [0.29, 0.717) is 0 Å². The fraction of sp³-hybridized carbons (Fsp3) is 0.833. The van der Waals surface area contributed by atoms with Crippen LogP contribution in [0.25, 0.3) is 0 Å². The van der Waals surface area contributed by atoms with E-state index in [1.807, 2.05) is 0 Å². The molecular weight excluding hydrogens is 144 g/mol. The molecule has 1 saturated carbocycles. The Morgan fingerprint density at radius 2 is 2.00 bits per heavy atom. The standard InChI is InChI=1S/C12H20/c1-4-11(12-7-9(12)3)10-5-8(2)6-10/h7-11H,4-6H2,1-3H3. The van der Waals surface area contributed by atoms with Crippen LogP contribution in [0.4, 0.5) is 0 Å². The highest BCUT2D eigenvalue weighted by Gasteiger charge is 2.37. The first-order valence-corrected chi connectivity index (χ1v) is 5.44. The van der Waals surface area contributed by atoms with E-state index < -0.39 is 0 Å². The molecule has 0 heterocycles. The van der Waals surface area contributed by atoms with Gasteiger partial charge in [-0.3, -0.25) is 0 Å². The maximum atomic E-state index is 2.46. The highest BCUT2D eigenvalue weighted by Crippen LogP contribution is 2.48. The quantitative estimate of drug-likeness (QED) is 0.559. The SMILES string of the molecule is CCC(C1=CC1C)C1CC(C)C1. The minimum absolute atomic E-state index is 0.853. The average molecular weight is 164 g/mol. The summed E-state index contributed by atoms with van der Waals surface area (Å²) in [5.41, 5.74) is 1.77. The van der Waals surface area contributed by atoms with Crippen LogP contribution in [-0.2, 0) is 0 Å². The molecule has 0 aromatic heterocycles. The summed E-state index contributed by atoms with van der Waals surface area (Å²) in [6.07, 6.45) is 6.80. The second-order valence-corrected chi connectivity index (χ2v) is 4.81. The summed E-state index contributed by atoms with van der Waals surface area (Å²) < 4.78 is 0. The molecule has 1 fully saturated rings. The minimum atomic E-state index is 0.853. The van der Waals surface area contributed by atoms with Crippen LogP contribution in [0.2, 0.25) is 0 Å². The Morgan fingerprint density at radius 1 is 1.42 bits per heavy atom. The summed E-state index contributed by atoms with van der Waals surface area (Å²) in [4.78, 5) is 0. The predicted octanol–water partition coefficient (Wildman–Crippen LogP) is 3.63. The Kier molecular flexibility index (Phi) is 2.02. The molecule has 0 amide bonds. The van der Waals surface area contributed by atoms with Gasteiger partial charge in [0.05, 0.1) is 0 Å². The summed E-state index contributed by atoms with van der Waals surface area (Å²) in [5, 5.41) is 0. The molecule has 0 bridgehead atoms. The average Bonchev–Trinajstić information content (AvgIpc) is 2.65. The van der Waals surface area contributed by atoms with E-state index in [1.165, 1.54) is 19.3 Å². The lowest BCUT2D eigenvalue weighted by Crippen LogP contribution is -2.28. The molecule has 0 heteroatoms. The van der Waals surface area contributed by atoms with Crippen molar-refractivity contribution in [3.8, 4) is 0 Å². The number of allylic oxidation sites excluding steroid dienone is 2. The summed E-state index contributed by atoms with van der Waals surface area (Å²) in [6, 6.07) is 0. The lowest BCUT2D eigenvalue weighted by Gasteiger charge is -2.38. The van der Waals surface area contributed by atoms with Gasteiger partial charge in [0.25, 0.3) is 0 Å². The molecule has 2 aliphatic carbocycles. The molecular formula is C12H20. The molecule has 2 aliphatic rings. The summed E-state index contributed by atoms with van der Waals surface area (Å²) in [7, 11) is 0. The molecule has 68 valence electrons. The van der Waals surface area contributed by atoms with Gasteiger partial charge < -0.3 is 0 Å². The number of rotatable bonds is 3. The Hall–Kier alpha value is -0.260. The van der Waals surface area contributed by atoms with Crippen molar-refractivity contribution in [2.45, 2.75) is 40.0 Å². The van der Waals surface area contributed by atoms with Crippen LogP contribution in [0, 0.1) is 23.7 Å². The molecule has 0 aliphatic heterocycles. The molecule has 0 radical (unpaired) electrons. The van der Waals surface area contributed by atoms with Crippen molar-refractivity contribution in [3.05, 3.63) is 11.6 Å². The molecule has 0 N–H and O–H groups in total. The predicted molar refractivity (Wildman–Crippen MR) is 52.9 cm³/mol. The van der Waals surface area contributed by atoms with E-state index >= 15 is 0 Å². The zero-order valence-electron chi connectivity index (χ0n) is 8.51. The van der Waals surface area contributed by atoms with E-state index in [4.69, 9.17) is 0 Å².